The Hall–Kier alpha value is -0.620. The van der Waals surface area contributed by atoms with E-state index in [4.69, 9.17) is 0 Å². The van der Waals surface area contributed by atoms with Gasteiger partial charge < -0.3 is 10.0 Å². The third-order valence-corrected chi connectivity index (χ3v) is 5.02. The Morgan fingerprint density at radius 3 is 2.84 bits per heavy atom. The topological polar surface area (TPSA) is 40.5 Å². The molecule has 1 aliphatic heterocycles. The van der Waals surface area contributed by atoms with Gasteiger partial charge in [-0.05, 0) is 72.1 Å². The van der Waals surface area contributed by atoms with Gasteiger partial charge in [0.2, 0.25) is 0 Å². The number of carboxylic acid groups (broad SMARTS) is 1. The zero-order valence-corrected chi connectivity index (χ0v) is 13.6. The van der Waals surface area contributed by atoms with E-state index in [0.29, 0.717) is 6.54 Å². The third kappa shape index (κ3) is 3.28. The molecule has 1 fully saturated rings. The van der Waals surface area contributed by atoms with Crippen LogP contribution >= 0.6 is 22.6 Å². The monoisotopic (exact) mass is 373 g/mol. The number of benzene rings is 1. The van der Waals surface area contributed by atoms with E-state index in [9.17, 15) is 9.90 Å². The molecule has 1 heterocycles. The van der Waals surface area contributed by atoms with E-state index in [1.54, 1.807) is 0 Å². The Balaban J connectivity index is 2.28. The van der Waals surface area contributed by atoms with Gasteiger partial charge in [0.15, 0.2) is 0 Å². The van der Waals surface area contributed by atoms with Crippen molar-refractivity contribution in [1.82, 2.24) is 4.90 Å². The molecule has 1 aromatic rings. The van der Waals surface area contributed by atoms with Gasteiger partial charge in [0.05, 0.1) is 5.92 Å². The van der Waals surface area contributed by atoms with Crippen LogP contribution < -0.4 is 0 Å². The van der Waals surface area contributed by atoms with Crippen LogP contribution in [0.4, 0.5) is 0 Å². The highest BCUT2D eigenvalue weighted by molar-refractivity contribution is 14.1. The van der Waals surface area contributed by atoms with Crippen molar-refractivity contribution in [3.63, 3.8) is 0 Å². The van der Waals surface area contributed by atoms with Gasteiger partial charge in [-0.3, -0.25) is 4.79 Å². The lowest BCUT2D eigenvalue weighted by Gasteiger charge is -2.34. The van der Waals surface area contributed by atoms with E-state index in [-0.39, 0.29) is 11.8 Å². The lowest BCUT2D eigenvalue weighted by molar-refractivity contribution is -0.144. The number of halogens is 1. The molecule has 0 radical (unpaired) electrons. The first-order chi connectivity index (χ1) is 9.02. The van der Waals surface area contributed by atoms with Gasteiger partial charge in [-0.15, -0.1) is 0 Å². The van der Waals surface area contributed by atoms with E-state index in [1.807, 2.05) is 7.05 Å². The second-order valence-corrected chi connectivity index (χ2v) is 6.47. The summed E-state index contributed by atoms with van der Waals surface area (Å²) in [5.41, 5.74) is 2.52. The summed E-state index contributed by atoms with van der Waals surface area (Å²) in [6.07, 6.45) is 1.95. The standard InChI is InChI=1S/C15H20INO2/c1-3-10-4-5-11(8-14(10)16)12-6-7-17(2)9-13(12)15(18)19/h4-5,8,12-13H,3,6-7,9H2,1-2H3,(H,18,19)/t12-,13-/m1/s1. The van der Waals surface area contributed by atoms with Crippen LogP contribution in [0.2, 0.25) is 0 Å². The van der Waals surface area contributed by atoms with Gasteiger partial charge in [0.25, 0.3) is 0 Å². The average Bonchev–Trinajstić information content (AvgIpc) is 2.38. The Labute approximate surface area is 128 Å². The number of aryl methyl sites for hydroxylation is 1. The van der Waals surface area contributed by atoms with Gasteiger partial charge >= 0.3 is 5.97 Å². The Bertz CT molecular complexity index is 475. The highest BCUT2D eigenvalue weighted by atomic mass is 127. The van der Waals surface area contributed by atoms with Gasteiger partial charge in [0.1, 0.15) is 0 Å². The molecule has 0 saturated carbocycles. The van der Waals surface area contributed by atoms with Crippen LogP contribution in [0.15, 0.2) is 18.2 Å². The minimum atomic E-state index is -0.675. The molecule has 4 heteroatoms. The molecule has 1 N–H and O–H groups in total. The molecule has 104 valence electrons. The summed E-state index contributed by atoms with van der Waals surface area (Å²) >= 11 is 2.35. The summed E-state index contributed by atoms with van der Waals surface area (Å²) in [6.45, 7) is 3.76. The fraction of sp³-hybridized carbons (Fsp3) is 0.533. The van der Waals surface area contributed by atoms with Crippen molar-refractivity contribution in [1.29, 1.82) is 0 Å². The summed E-state index contributed by atoms with van der Waals surface area (Å²) in [7, 11) is 2.00. The first kappa shape index (κ1) is 14.8. The molecular formula is C15H20INO2. The number of hydrogen-bond donors (Lipinski definition) is 1. The molecule has 0 amide bonds. The summed E-state index contributed by atoms with van der Waals surface area (Å²) in [5, 5.41) is 9.43. The lowest BCUT2D eigenvalue weighted by atomic mass is 9.80. The highest BCUT2D eigenvalue weighted by Gasteiger charge is 2.34. The molecule has 0 bridgehead atoms. The number of nitrogens with zero attached hydrogens (tertiary/aromatic N) is 1. The Morgan fingerprint density at radius 1 is 1.53 bits per heavy atom. The summed E-state index contributed by atoms with van der Waals surface area (Å²) in [5.74, 6) is -0.818. The van der Waals surface area contributed by atoms with Crippen molar-refractivity contribution in [3.05, 3.63) is 32.9 Å². The number of piperidine rings is 1. The van der Waals surface area contributed by atoms with E-state index in [1.165, 1.54) is 14.7 Å². The van der Waals surface area contributed by atoms with Crippen molar-refractivity contribution >= 4 is 28.6 Å². The maximum atomic E-state index is 11.5. The van der Waals surface area contributed by atoms with Crippen LogP contribution in [-0.2, 0) is 11.2 Å². The Kier molecular flexibility index (Phi) is 4.84. The van der Waals surface area contributed by atoms with Crippen molar-refractivity contribution < 1.29 is 9.90 Å². The van der Waals surface area contributed by atoms with Crippen LogP contribution in [0.3, 0.4) is 0 Å². The lowest BCUT2D eigenvalue weighted by Crippen LogP contribution is -2.40. The molecule has 0 spiro atoms. The normalized spacial score (nSPS) is 24.4. The minimum absolute atomic E-state index is 0.146. The Morgan fingerprint density at radius 2 is 2.26 bits per heavy atom. The van der Waals surface area contributed by atoms with Gasteiger partial charge in [-0.25, -0.2) is 0 Å². The maximum absolute atomic E-state index is 11.5. The van der Waals surface area contributed by atoms with Crippen LogP contribution in [0.25, 0.3) is 0 Å². The van der Waals surface area contributed by atoms with Gasteiger partial charge in [0, 0.05) is 10.1 Å². The van der Waals surface area contributed by atoms with E-state index < -0.39 is 5.97 Å². The second kappa shape index (κ2) is 6.22. The zero-order valence-electron chi connectivity index (χ0n) is 11.4. The number of aliphatic carboxylic acids is 1. The summed E-state index contributed by atoms with van der Waals surface area (Å²) in [6, 6.07) is 6.44. The van der Waals surface area contributed by atoms with Crippen LogP contribution in [0.1, 0.15) is 30.4 Å². The molecule has 2 atom stereocenters. The van der Waals surface area contributed by atoms with E-state index >= 15 is 0 Å². The number of likely N-dealkylation sites (tertiary alicyclic amines) is 1. The molecule has 0 aliphatic carbocycles. The SMILES string of the molecule is CCc1ccc([C@H]2CCN(C)C[C@H]2C(=O)O)cc1I. The second-order valence-electron chi connectivity index (χ2n) is 5.31. The molecule has 0 aromatic heterocycles. The van der Waals surface area contributed by atoms with Crippen molar-refractivity contribution in [2.24, 2.45) is 5.92 Å². The number of carboxylic acids is 1. The molecule has 0 unspecified atom stereocenters. The summed E-state index contributed by atoms with van der Waals surface area (Å²) in [4.78, 5) is 13.6. The number of rotatable bonds is 3. The van der Waals surface area contributed by atoms with Gasteiger partial charge in [-0.2, -0.15) is 0 Å². The smallest absolute Gasteiger partial charge is 0.308 e. The molecule has 19 heavy (non-hydrogen) atoms. The largest absolute Gasteiger partial charge is 0.481 e. The average molecular weight is 373 g/mol. The third-order valence-electron chi connectivity index (χ3n) is 4.02. The molecule has 1 aliphatic rings. The van der Waals surface area contributed by atoms with Gasteiger partial charge in [-0.1, -0.05) is 19.1 Å². The first-order valence-corrected chi connectivity index (χ1v) is 7.80. The zero-order chi connectivity index (χ0) is 14.0. The maximum Gasteiger partial charge on any atom is 0.308 e. The molecule has 2 rings (SSSR count). The number of carbonyl (C=O) groups is 1. The minimum Gasteiger partial charge on any atom is -0.481 e. The predicted molar refractivity (Wildman–Crippen MR) is 84.5 cm³/mol. The highest BCUT2D eigenvalue weighted by Crippen LogP contribution is 2.34. The van der Waals surface area contributed by atoms with Crippen molar-refractivity contribution in [2.75, 3.05) is 20.1 Å². The molecule has 1 aromatic carbocycles. The van der Waals surface area contributed by atoms with E-state index in [0.717, 1.165) is 19.4 Å². The molecular weight excluding hydrogens is 353 g/mol. The predicted octanol–water partition coefficient (Wildman–Crippen LogP) is 2.97. The summed E-state index contributed by atoms with van der Waals surface area (Å²) < 4.78 is 1.25. The van der Waals surface area contributed by atoms with Crippen LogP contribution in [0, 0.1) is 9.49 Å². The molecule has 3 nitrogen and oxygen atoms in total. The number of hydrogen-bond acceptors (Lipinski definition) is 2. The van der Waals surface area contributed by atoms with Crippen molar-refractivity contribution in [3.8, 4) is 0 Å². The van der Waals surface area contributed by atoms with E-state index in [2.05, 4.69) is 52.6 Å². The first-order valence-electron chi connectivity index (χ1n) is 6.72. The fourth-order valence-electron chi connectivity index (χ4n) is 2.85. The van der Waals surface area contributed by atoms with Crippen LogP contribution in [-0.4, -0.2) is 36.1 Å². The van der Waals surface area contributed by atoms with Crippen LogP contribution in [0.5, 0.6) is 0 Å². The van der Waals surface area contributed by atoms with Crippen molar-refractivity contribution in [2.45, 2.75) is 25.7 Å². The molecule has 1 saturated heterocycles. The quantitative estimate of drug-likeness (QED) is 0.829. The fourth-order valence-corrected chi connectivity index (χ4v) is 3.77.